The van der Waals surface area contributed by atoms with Gasteiger partial charge in [-0.2, -0.15) is 0 Å². The second kappa shape index (κ2) is 5.71. The van der Waals surface area contributed by atoms with Crippen LogP contribution in [0, 0.1) is 0 Å². The quantitative estimate of drug-likeness (QED) is 0.836. The standard InChI is InChI=1S/C11H12Br2N2O2S/c12-8-5-6(9(13)18-8)11(17)15-4-2-1-3-7(15)10(14)16/h5,7H,1-4H2,(H2,14,16). The molecule has 0 aliphatic carbocycles. The number of nitrogens with two attached hydrogens (primary N) is 1. The van der Waals surface area contributed by atoms with Gasteiger partial charge < -0.3 is 10.6 Å². The minimum atomic E-state index is -0.475. The van der Waals surface area contributed by atoms with Crippen molar-refractivity contribution < 1.29 is 9.59 Å². The highest BCUT2D eigenvalue weighted by Gasteiger charge is 2.32. The van der Waals surface area contributed by atoms with Crippen LogP contribution in [0.4, 0.5) is 0 Å². The number of nitrogens with zero attached hydrogens (tertiary/aromatic N) is 1. The highest BCUT2D eigenvalue weighted by atomic mass is 79.9. The summed E-state index contributed by atoms with van der Waals surface area (Å²) in [5, 5.41) is 0. The van der Waals surface area contributed by atoms with Crippen LogP contribution in [0.15, 0.2) is 13.6 Å². The maximum atomic E-state index is 12.4. The third kappa shape index (κ3) is 2.78. The van der Waals surface area contributed by atoms with Crippen molar-refractivity contribution >= 4 is 55.0 Å². The van der Waals surface area contributed by atoms with Gasteiger partial charge in [0.1, 0.15) is 6.04 Å². The van der Waals surface area contributed by atoms with Gasteiger partial charge in [0.05, 0.1) is 13.1 Å². The van der Waals surface area contributed by atoms with Gasteiger partial charge in [0.15, 0.2) is 0 Å². The molecule has 7 heteroatoms. The Morgan fingerprint density at radius 3 is 2.67 bits per heavy atom. The number of amides is 2. The molecule has 2 rings (SSSR count). The topological polar surface area (TPSA) is 63.4 Å². The van der Waals surface area contributed by atoms with Crippen molar-refractivity contribution in [2.45, 2.75) is 25.3 Å². The van der Waals surface area contributed by atoms with E-state index < -0.39 is 11.9 Å². The number of piperidine rings is 1. The van der Waals surface area contributed by atoms with Crippen LogP contribution in [0.1, 0.15) is 29.6 Å². The first-order valence-electron chi connectivity index (χ1n) is 5.56. The molecule has 0 bridgehead atoms. The minimum absolute atomic E-state index is 0.132. The Kier molecular flexibility index (Phi) is 4.45. The van der Waals surface area contributed by atoms with Gasteiger partial charge in [-0.25, -0.2) is 0 Å². The minimum Gasteiger partial charge on any atom is -0.368 e. The number of primary amides is 1. The van der Waals surface area contributed by atoms with Gasteiger partial charge in [0.2, 0.25) is 5.91 Å². The number of carbonyl (C=O) groups excluding carboxylic acids is 2. The van der Waals surface area contributed by atoms with Crippen molar-refractivity contribution in [2.24, 2.45) is 5.73 Å². The number of thiophene rings is 1. The number of likely N-dealkylation sites (tertiary alicyclic amines) is 1. The summed E-state index contributed by atoms with van der Waals surface area (Å²) in [4.78, 5) is 25.4. The summed E-state index contributed by atoms with van der Waals surface area (Å²) in [5.41, 5.74) is 5.95. The zero-order valence-electron chi connectivity index (χ0n) is 9.49. The first-order chi connectivity index (χ1) is 8.50. The number of halogens is 2. The van der Waals surface area contributed by atoms with E-state index >= 15 is 0 Å². The molecule has 1 aliphatic heterocycles. The lowest BCUT2D eigenvalue weighted by Gasteiger charge is -2.33. The van der Waals surface area contributed by atoms with Crippen molar-refractivity contribution in [1.82, 2.24) is 4.90 Å². The zero-order chi connectivity index (χ0) is 13.3. The second-order valence-electron chi connectivity index (χ2n) is 4.15. The lowest BCUT2D eigenvalue weighted by molar-refractivity contribution is -0.123. The van der Waals surface area contributed by atoms with Gasteiger partial charge in [-0.05, 0) is 57.2 Å². The first kappa shape index (κ1) is 14.0. The van der Waals surface area contributed by atoms with Gasteiger partial charge in [-0.3, -0.25) is 9.59 Å². The molecule has 1 saturated heterocycles. The fourth-order valence-electron chi connectivity index (χ4n) is 2.11. The van der Waals surface area contributed by atoms with Crippen molar-refractivity contribution in [3.05, 3.63) is 19.2 Å². The predicted molar refractivity (Wildman–Crippen MR) is 77.6 cm³/mol. The third-order valence-electron chi connectivity index (χ3n) is 2.98. The average molecular weight is 396 g/mol. The van der Waals surface area contributed by atoms with Crippen LogP contribution >= 0.6 is 43.2 Å². The normalized spacial score (nSPS) is 19.9. The van der Waals surface area contributed by atoms with Crippen LogP contribution in [-0.2, 0) is 4.79 Å². The molecule has 1 aromatic rings. The molecule has 0 spiro atoms. The Labute approximate surface area is 126 Å². The van der Waals surface area contributed by atoms with E-state index in [2.05, 4.69) is 31.9 Å². The summed E-state index contributed by atoms with van der Waals surface area (Å²) in [6.45, 7) is 0.590. The number of rotatable bonds is 2. The van der Waals surface area contributed by atoms with Crippen LogP contribution in [0.2, 0.25) is 0 Å². The Hall–Kier alpha value is -0.400. The third-order valence-corrected chi connectivity index (χ3v) is 5.32. The van der Waals surface area contributed by atoms with E-state index in [1.165, 1.54) is 11.3 Å². The number of hydrogen-bond donors (Lipinski definition) is 1. The van der Waals surface area contributed by atoms with Gasteiger partial charge in [-0.1, -0.05) is 0 Å². The summed E-state index contributed by atoms with van der Waals surface area (Å²) in [7, 11) is 0. The molecule has 0 radical (unpaired) electrons. The smallest absolute Gasteiger partial charge is 0.256 e. The fraction of sp³-hybridized carbons (Fsp3) is 0.455. The Morgan fingerprint density at radius 2 is 2.11 bits per heavy atom. The van der Waals surface area contributed by atoms with Gasteiger partial charge >= 0.3 is 0 Å². The van der Waals surface area contributed by atoms with E-state index in [1.807, 2.05) is 0 Å². The van der Waals surface area contributed by atoms with Crippen LogP contribution < -0.4 is 5.73 Å². The molecule has 1 atom stereocenters. The van der Waals surface area contributed by atoms with Crippen molar-refractivity contribution in [2.75, 3.05) is 6.54 Å². The summed E-state index contributed by atoms with van der Waals surface area (Å²) in [6, 6.07) is 1.29. The summed E-state index contributed by atoms with van der Waals surface area (Å²) >= 11 is 8.15. The Morgan fingerprint density at radius 1 is 1.39 bits per heavy atom. The van der Waals surface area contributed by atoms with Gasteiger partial charge in [0, 0.05) is 6.54 Å². The van der Waals surface area contributed by atoms with E-state index in [1.54, 1.807) is 11.0 Å². The van der Waals surface area contributed by atoms with Crippen LogP contribution in [-0.4, -0.2) is 29.3 Å². The van der Waals surface area contributed by atoms with E-state index in [-0.39, 0.29) is 5.91 Å². The van der Waals surface area contributed by atoms with Crippen molar-refractivity contribution in [1.29, 1.82) is 0 Å². The van der Waals surface area contributed by atoms with E-state index in [4.69, 9.17) is 5.73 Å². The van der Waals surface area contributed by atoms with Gasteiger partial charge in [0.25, 0.3) is 5.91 Å². The molecular weight excluding hydrogens is 384 g/mol. The van der Waals surface area contributed by atoms with E-state index in [0.717, 1.165) is 20.4 Å². The fourth-order valence-corrected chi connectivity index (χ4v) is 4.89. The Balaban J connectivity index is 2.26. The molecule has 1 aromatic heterocycles. The lowest BCUT2D eigenvalue weighted by atomic mass is 10.0. The molecule has 4 nitrogen and oxygen atoms in total. The molecule has 1 aliphatic rings. The largest absolute Gasteiger partial charge is 0.368 e. The maximum absolute atomic E-state index is 12.4. The molecule has 98 valence electrons. The van der Waals surface area contributed by atoms with Crippen LogP contribution in [0.3, 0.4) is 0 Å². The van der Waals surface area contributed by atoms with Crippen molar-refractivity contribution in [3.63, 3.8) is 0 Å². The predicted octanol–water partition coefficient (Wildman–Crippen LogP) is 2.75. The molecule has 2 heterocycles. The number of hydrogen-bond acceptors (Lipinski definition) is 3. The molecular formula is C11H12Br2N2O2S. The molecule has 0 saturated carbocycles. The summed E-state index contributed by atoms with van der Waals surface area (Å²) in [5.74, 6) is -0.555. The summed E-state index contributed by atoms with van der Waals surface area (Å²) in [6.07, 6.45) is 2.51. The molecule has 0 aromatic carbocycles. The van der Waals surface area contributed by atoms with E-state index in [9.17, 15) is 9.59 Å². The SMILES string of the molecule is NC(=O)C1CCCCN1C(=O)c1cc(Br)sc1Br. The first-order valence-corrected chi connectivity index (χ1v) is 7.96. The molecule has 2 amide bonds. The maximum Gasteiger partial charge on any atom is 0.256 e. The molecule has 1 unspecified atom stereocenters. The molecule has 1 fully saturated rings. The summed E-state index contributed by atoms with van der Waals surface area (Å²) < 4.78 is 1.65. The lowest BCUT2D eigenvalue weighted by Crippen LogP contribution is -2.50. The van der Waals surface area contributed by atoms with Crippen LogP contribution in [0.25, 0.3) is 0 Å². The van der Waals surface area contributed by atoms with Crippen molar-refractivity contribution in [3.8, 4) is 0 Å². The molecule has 18 heavy (non-hydrogen) atoms. The van der Waals surface area contributed by atoms with Gasteiger partial charge in [-0.15, -0.1) is 11.3 Å². The second-order valence-corrected chi connectivity index (χ2v) is 7.90. The highest BCUT2D eigenvalue weighted by molar-refractivity contribution is 9.12. The van der Waals surface area contributed by atoms with Crippen LogP contribution in [0.5, 0.6) is 0 Å². The highest BCUT2D eigenvalue weighted by Crippen LogP contribution is 2.33. The average Bonchev–Trinajstić information content (AvgIpc) is 2.67. The zero-order valence-corrected chi connectivity index (χ0v) is 13.5. The van der Waals surface area contributed by atoms with E-state index in [0.29, 0.717) is 18.5 Å². The number of carbonyl (C=O) groups is 2. The molecule has 2 N–H and O–H groups in total. The Bertz CT molecular complexity index is 489. The monoisotopic (exact) mass is 394 g/mol.